The highest BCUT2D eigenvalue weighted by Crippen LogP contribution is 2.15. The van der Waals surface area contributed by atoms with Gasteiger partial charge < -0.3 is 15.3 Å². The largest absolute Gasteiger partial charge is 0.374 e. The summed E-state index contributed by atoms with van der Waals surface area (Å²) in [6.45, 7) is 9.12. The Morgan fingerprint density at radius 1 is 1.23 bits per heavy atom. The molecule has 1 saturated heterocycles. The Labute approximate surface area is 132 Å². The quantitative estimate of drug-likeness (QED) is 0.711. The van der Waals surface area contributed by atoms with Crippen LogP contribution in [0.4, 0.5) is 0 Å². The van der Waals surface area contributed by atoms with Gasteiger partial charge in [-0.25, -0.2) is 0 Å². The number of aliphatic hydroxyl groups excluding tert-OH is 1. The number of nitrogens with zero attached hydrogens (tertiary/aromatic N) is 1. The molecule has 2 unspecified atom stereocenters. The molecule has 0 bridgehead atoms. The minimum absolute atomic E-state index is 0.0719. The van der Waals surface area contributed by atoms with Gasteiger partial charge in [-0.15, -0.1) is 0 Å². The lowest BCUT2D eigenvalue weighted by atomic mass is 10.0. The van der Waals surface area contributed by atoms with Gasteiger partial charge in [0.25, 0.3) is 0 Å². The molecule has 1 aliphatic heterocycles. The molecule has 2 atom stereocenters. The lowest BCUT2D eigenvalue weighted by Crippen LogP contribution is -2.55. The highest BCUT2D eigenvalue weighted by atomic mass is 16.3. The number of hydrogen-bond donors (Lipinski definition) is 3. The zero-order valence-electron chi connectivity index (χ0n) is 13.7. The van der Waals surface area contributed by atoms with Crippen LogP contribution in [0.1, 0.15) is 31.2 Å². The highest BCUT2D eigenvalue weighted by Gasteiger charge is 2.29. The molecule has 22 heavy (non-hydrogen) atoms. The van der Waals surface area contributed by atoms with E-state index < -0.39 is 6.23 Å². The van der Waals surface area contributed by atoms with Gasteiger partial charge in [-0.2, -0.15) is 0 Å². The van der Waals surface area contributed by atoms with E-state index in [-0.39, 0.29) is 17.9 Å². The van der Waals surface area contributed by atoms with Crippen LogP contribution in [-0.2, 0) is 4.79 Å². The summed E-state index contributed by atoms with van der Waals surface area (Å²) in [4.78, 5) is 14.6. The van der Waals surface area contributed by atoms with E-state index in [2.05, 4.69) is 10.6 Å². The molecule has 1 aromatic rings. The number of nitrogens with one attached hydrogen (secondary N) is 2. The van der Waals surface area contributed by atoms with E-state index in [9.17, 15) is 9.90 Å². The third-order valence-corrected chi connectivity index (χ3v) is 4.09. The Balaban J connectivity index is 2.04. The lowest BCUT2D eigenvalue weighted by molar-refractivity contribution is -0.136. The fourth-order valence-corrected chi connectivity index (χ4v) is 2.65. The number of rotatable bonds is 5. The number of hydrogen-bond acceptors (Lipinski definition) is 4. The molecule has 0 aliphatic carbocycles. The van der Waals surface area contributed by atoms with Crippen molar-refractivity contribution in [2.75, 3.05) is 26.2 Å². The molecule has 0 aromatic heterocycles. The van der Waals surface area contributed by atoms with Crippen molar-refractivity contribution < 1.29 is 9.90 Å². The van der Waals surface area contributed by atoms with Crippen molar-refractivity contribution in [2.45, 2.75) is 33.0 Å². The Kier molecular flexibility index (Phi) is 5.94. The monoisotopic (exact) mass is 305 g/mol. The van der Waals surface area contributed by atoms with E-state index in [4.69, 9.17) is 0 Å². The molecule has 3 N–H and O–H groups in total. The van der Waals surface area contributed by atoms with Crippen molar-refractivity contribution >= 4 is 5.91 Å². The van der Waals surface area contributed by atoms with E-state index in [0.29, 0.717) is 0 Å². The third-order valence-electron chi connectivity index (χ3n) is 4.09. The van der Waals surface area contributed by atoms with Crippen LogP contribution in [0, 0.1) is 12.8 Å². The van der Waals surface area contributed by atoms with E-state index in [1.807, 2.05) is 49.9 Å². The smallest absolute Gasteiger partial charge is 0.240 e. The number of aryl methyl sites for hydroxylation is 1. The van der Waals surface area contributed by atoms with E-state index in [0.717, 1.165) is 37.3 Å². The van der Waals surface area contributed by atoms with Gasteiger partial charge in [-0.3, -0.25) is 10.1 Å². The highest BCUT2D eigenvalue weighted by molar-refractivity contribution is 5.82. The van der Waals surface area contributed by atoms with Crippen LogP contribution < -0.4 is 10.6 Å². The van der Waals surface area contributed by atoms with Crippen molar-refractivity contribution in [3.63, 3.8) is 0 Å². The summed E-state index contributed by atoms with van der Waals surface area (Å²) >= 11 is 0. The Hall–Kier alpha value is -1.43. The van der Waals surface area contributed by atoms with Crippen LogP contribution in [0.5, 0.6) is 0 Å². The molecule has 1 amide bonds. The molecule has 5 heteroatoms. The summed E-state index contributed by atoms with van der Waals surface area (Å²) in [6.07, 6.45) is -0.833. The van der Waals surface area contributed by atoms with Crippen molar-refractivity contribution in [3.05, 3.63) is 35.4 Å². The molecular formula is C17H27N3O2. The minimum Gasteiger partial charge on any atom is -0.374 e. The van der Waals surface area contributed by atoms with Gasteiger partial charge in [0.15, 0.2) is 0 Å². The summed E-state index contributed by atoms with van der Waals surface area (Å²) in [6, 6.07) is 7.32. The van der Waals surface area contributed by atoms with E-state index in [1.54, 1.807) is 0 Å². The van der Waals surface area contributed by atoms with Crippen molar-refractivity contribution in [2.24, 2.45) is 5.92 Å². The molecule has 122 valence electrons. The van der Waals surface area contributed by atoms with Gasteiger partial charge in [0.2, 0.25) is 5.91 Å². The molecule has 2 rings (SSSR count). The lowest BCUT2D eigenvalue weighted by Gasteiger charge is -2.33. The van der Waals surface area contributed by atoms with Crippen LogP contribution in [-0.4, -0.2) is 48.1 Å². The van der Waals surface area contributed by atoms with E-state index in [1.165, 1.54) is 0 Å². The zero-order valence-corrected chi connectivity index (χ0v) is 13.7. The average Bonchev–Trinajstić information content (AvgIpc) is 2.53. The van der Waals surface area contributed by atoms with Crippen LogP contribution in [0.3, 0.4) is 0 Å². The van der Waals surface area contributed by atoms with Crippen molar-refractivity contribution in [3.8, 4) is 0 Å². The number of piperazine rings is 1. The summed E-state index contributed by atoms with van der Waals surface area (Å²) in [5.41, 5.74) is 1.93. The number of benzene rings is 1. The van der Waals surface area contributed by atoms with Gasteiger partial charge in [-0.1, -0.05) is 43.7 Å². The number of carbonyl (C=O) groups is 1. The zero-order chi connectivity index (χ0) is 16.1. The number of carbonyl (C=O) groups excluding carboxylic acids is 1. The van der Waals surface area contributed by atoms with Crippen molar-refractivity contribution in [1.82, 2.24) is 15.5 Å². The maximum absolute atomic E-state index is 12.7. The molecule has 0 saturated carbocycles. The molecule has 1 aromatic carbocycles. The number of aliphatic hydroxyl groups is 1. The first-order valence-electron chi connectivity index (χ1n) is 7.99. The van der Waals surface area contributed by atoms with Gasteiger partial charge in [-0.05, 0) is 18.4 Å². The van der Waals surface area contributed by atoms with Crippen LogP contribution in [0.15, 0.2) is 24.3 Å². The van der Waals surface area contributed by atoms with Gasteiger partial charge >= 0.3 is 0 Å². The first-order valence-corrected chi connectivity index (χ1v) is 7.99. The molecule has 1 aliphatic rings. The summed E-state index contributed by atoms with van der Waals surface area (Å²) in [5.74, 6) is 0.185. The first-order chi connectivity index (χ1) is 10.5. The molecule has 5 nitrogen and oxygen atoms in total. The fraction of sp³-hybridized carbons (Fsp3) is 0.588. The first kappa shape index (κ1) is 16.9. The normalized spacial score (nSPS) is 18.3. The molecular weight excluding hydrogens is 278 g/mol. The molecule has 1 fully saturated rings. The second-order valence-electron chi connectivity index (χ2n) is 6.28. The van der Waals surface area contributed by atoms with Crippen LogP contribution in [0.25, 0.3) is 0 Å². The summed E-state index contributed by atoms with van der Waals surface area (Å²) < 4.78 is 0. The van der Waals surface area contributed by atoms with Gasteiger partial charge in [0.05, 0.1) is 6.04 Å². The topological polar surface area (TPSA) is 64.6 Å². The summed E-state index contributed by atoms with van der Waals surface area (Å²) in [7, 11) is 0. The summed E-state index contributed by atoms with van der Waals surface area (Å²) in [5, 5.41) is 16.7. The maximum Gasteiger partial charge on any atom is 0.240 e. The standard InChI is InChI=1S/C17H27N3O2/c1-12(2)15(17(22)20-10-8-18-9-11-20)19-16(21)14-6-4-13(3)5-7-14/h4-7,12,15-16,18-19,21H,8-11H2,1-3H3. The Bertz CT molecular complexity index is 481. The van der Waals surface area contributed by atoms with Crippen LogP contribution in [0.2, 0.25) is 0 Å². The second-order valence-corrected chi connectivity index (χ2v) is 6.28. The van der Waals surface area contributed by atoms with E-state index >= 15 is 0 Å². The fourth-order valence-electron chi connectivity index (χ4n) is 2.65. The number of amides is 1. The molecule has 0 radical (unpaired) electrons. The predicted molar refractivity (Wildman–Crippen MR) is 87.4 cm³/mol. The molecule has 1 heterocycles. The second kappa shape index (κ2) is 7.72. The van der Waals surface area contributed by atoms with Crippen LogP contribution >= 0.6 is 0 Å². The molecule has 0 spiro atoms. The van der Waals surface area contributed by atoms with Gasteiger partial charge in [0, 0.05) is 26.2 Å². The Morgan fingerprint density at radius 2 is 1.82 bits per heavy atom. The van der Waals surface area contributed by atoms with Gasteiger partial charge in [0.1, 0.15) is 6.23 Å². The van der Waals surface area contributed by atoms with Crippen molar-refractivity contribution in [1.29, 1.82) is 0 Å². The SMILES string of the molecule is Cc1ccc(C(O)NC(C(=O)N2CCNCC2)C(C)C)cc1. The minimum atomic E-state index is -0.833. The predicted octanol–water partition coefficient (Wildman–Crippen LogP) is 1.03. The maximum atomic E-state index is 12.7. The average molecular weight is 305 g/mol. The Morgan fingerprint density at radius 3 is 2.36 bits per heavy atom. The third kappa shape index (κ3) is 4.29.